The minimum Gasteiger partial charge on any atom is -0.489 e. The summed E-state index contributed by atoms with van der Waals surface area (Å²) in [4.78, 5) is 116. The number of ketones is 2. The number of nitrogens with zero attached hydrogens (tertiary/aromatic N) is 9. The molecule has 816 valence electrons. The number of carbonyl (C=O) groups excluding carboxylic acids is 6. The summed E-state index contributed by atoms with van der Waals surface area (Å²) >= 11 is 6.37. The molecule has 0 aliphatic carbocycles. The molecule has 5 unspecified atom stereocenters. The summed E-state index contributed by atoms with van der Waals surface area (Å²) < 4.78 is 138. The van der Waals surface area contributed by atoms with Gasteiger partial charge in [0.2, 0.25) is 0 Å². The number of anilines is 4. The number of carboxylic acids is 1. The van der Waals surface area contributed by atoms with Crippen LogP contribution in [-0.2, 0) is 101 Å². The number of hydrogen-bond donors (Lipinski definition) is 8. The summed E-state index contributed by atoms with van der Waals surface area (Å²) in [6.07, 6.45) is -0.701. The number of aromatic nitrogens is 5. The Bertz CT molecular complexity index is 6730. The second-order valence-corrected chi connectivity index (χ2v) is 54.8. The number of carboxylic acid groups (broad SMARTS) is 1. The number of Topliss-reactive ketones (excluding diaryl/α,β-unsaturated/α-hetero) is 2. The second-order valence-electron chi connectivity index (χ2n) is 46.5. The molecule has 0 bridgehead atoms. The highest BCUT2D eigenvalue weighted by molar-refractivity contribution is 7.85. The summed E-state index contributed by atoms with van der Waals surface area (Å²) in [5.41, 5.74) is 6.58. The maximum atomic E-state index is 13.8. The molecule has 42 heteroatoms. The van der Waals surface area contributed by atoms with E-state index in [0.717, 1.165) is 5.56 Å². The van der Waals surface area contributed by atoms with Crippen LogP contribution in [0.3, 0.4) is 0 Å². The van der Waals surface area contributed by atoms with Crippen molar-refractivity contribution in [1.82, 2.24) is 43.8 Å². The number of benzene rings is 4. The number of hydrogen-bond acceptors (Lipinski definition) is 25. The van der Waals surface area contributed by atoms with Gasteiger partial charge < -0.3 is 49.5 Å². The molecule has 9 N–H and O–H groups in total. The number of ether oxygens (including phenoxy) is 6. The molecular weight excluding hydrogens is 2030 g/mol. The number of aromatic carboxylic acids is 1. The van der Waals surface area contributed by atoms with Gasteiger partial charge in [0.1, 0.15) is 80.3 Å². The fraction of sp³-hybridized carbons (Fsp3) is 0.500. The number of fused-ring (bicyclic) bond motifs is 5. The number of epoxide rings is 1. The summed E-state index contributed by atoms with van der Waals surface area (Å²) in [7, 11) is -5.81. The van der Waals surface area contributed by atoms with Gasteiger partial charge in [-0.15, -0.1) is 0 Å². The van der Waals surface area contributed by atoms with Gasteiger partial charge in [-0.05, 0) is 323 Å². The Kier molecular flexibility index (Phi) is 36.2. The number of pyridine rings is 5. The summed E-state index contributed by atoms with van der Waals surface area (Å²) in [6.45, 7) is 58.3. The number of nitrogens with one attached hydrogen (secondary N) is 4. The zero-order chi connectivity index (χ0) is 113. The first kappa shape index (κ1) is 121. The highest BCUT2D eigenvalue weighted by atomic mass is 35.5. The van der Waals surface area contributed by atoms with E-state index in [9.17, 15) is 68.7 Å². The zero-order valence-corrected chi connectivity index (χ0v) is 95.3. The van der Waals surface area contributed by atoms with E-state index < -0.39 is 161 Å². The third-order valence-electron chi connectivity index (χ3n) is 23.6. The van der Waals surface area contributed by atoms with E-state index in [0.29, 0.717) is 102 Å². The van der Waals surface area contributed by atoms with Crippen LogP contribution in [0.1, 0.15) is 287 Å². The van der Waals surface area contributed by atoms with Gasteiger partial charge in [0, 0.05) is 70.9 Å². The molecule has 5 aliphatic heterocycles. The fourth-order valence-corrected chi connectivity index (χ4v) is 19.6. The molecule has 1 saturated heterocycles. The Morgan fingerprint density at radius 2 is 0.767 bits per heavy atom. The molecule has 0 radical (unpaired) electrons. The molecule has 0 saturated carbocycles. The van der Waals surface area contributed by atoms with Gasteiger partial charge in [-0.25, -0.2) is 92.8 Å². The van der Waals surface area contributed by atoms with Crippen molar-refractivity contribution < 1.29 is 107 Å². The Balaban J connectivity index is 0.000000195. The molecule has 10 atom stereocenters. The first-order valence-electron chi connectivity index (χ1n) is 48.6. The third kappa shape index (κ3) is 29.3. The van der Waals surface area contributed by atoms with Crippen molar-refractivity contribution in [3.8, 4) is 39.5 Å². The molecule has 4 amide bonds. The van der Waals surface area contributed by atoms with Crippen molar-refractivity contribution >= 4 is 131 Å². The highest BCUT2D eigenvalue weighted by Crippen LogP contribution is 2.53. The Labute approximate surface area is 890 Å². The van der Waals surface area contributed by atoms with E-state index in [-0.39, 0.29) is 91.1 Å². The average Bonchev–Trinajstić information content (AvgIpc) is 1.57. The quantitative estimate of drug-likeness (QED) is 0.0152. The largest absolute Gasteiger partial charge is 0.489 e. The molecule has 14 rings (SSSR count). The van der Waals surface area contributed by atoms with Crippen LogP contribution in [0.5, 0.6) is 5.75 Å². The minimum absolute atomic E-state index is 0.0284. The number of aliphatic hydroxyl groups excluding tert-OH is 1. The van der Waals surface area contributed by atoms with Crippen LogP contribution in [0.4, 0.5) is 55.1 Å². The molecule has 10 heterocycles. The van der Waals surface area contributed by atoms with Crippen molar-refractivity contribution in [2.24, 2.45) is 5.73 Å². The van der Waals surface area contributed by atoms with Crippen molar-refractivity contribution in [2.75, 3.05) is 72.1 Å². The summed E-state index contributed by atoms with van der Waals surface area (Å²) in [6, 6.07) is 30.7. The lowest BCUT2D eigenvalue weighted by molar-refractivity contribution is 0.0567. The summed E-state index contributed by atoms with van der Waals surface area (Å²) in [5, 5.41) is 29.4. The van der Waals surface area contributed by atoms with Crippen LogP contribution < -0.4 is 49.0 Å². The number of nitrogens with two attached hydrogens (primary N) is 1. The number of aliphatic hydroxyl groups is 2. The lowest BCUT2D eigenvalue weighted by Gasteiger charge is -2.31. The molecule has 0 spiro atoms. The van der Waals surface area contributed by atoms with Crippen LogP contribution in [0, 0.1) is 17.5 Å². The normalized spacial score (nSPS) is 20.1. The maximum Gasteiger partial charge on any atom is 0.414 e. The molecule has 9 aromatic rings. The predicted molar refractivity (Wildman–Crippen MR) is 579 cm³/mol. The summed E-state index contributed by atoms with van der Waals surface area (Å²) in [5.74, 6) is -2.37. The van der Waals surface area contributed by atoms with E-state index in [2.05, 4.69) is 33.8 Å². The van der Waals surface area contributed by atoms with Gasteiger partial charge in [0.25, 0.3) is 0 Å². The number of rotatable bonds is 20. The highest BCUT2D eigenvalue weighted by Gasteiger charge is 2.55. The smallest absolute Gasteiger partial charge is 0.414 e. The zero-order valence-electron chi connectivity index (χ0n) is 91.3. The average molecular weight is 2180 g/mol. The van der Waals surface area contributed by atoms with Gasteiger partial charge in [-0.3, -0.25) is 34.2 Å². The molecule has 1 fully saturated rings. The van der Waals surface area contributed by atoms with E-state index in [4.69, 9.17) is 65.9 Å². The van der Waals surface area contributed by atoms with Crippen molar-refractivity contribution in [2.45, 2.75) is 296 Å². The monoisotopic (exact) mass is 2170 g/mol. The van der Waals surface area contributed by atoms with Gasteiger partial charge in [0.05, 0.1) is 181 Å². The van der Waals surface area contributed by atoms with Crippen LogP contribution in [-0.4, -0.2) is 193 Å². The standard InChI is InChI=1S/C26H37FN4O4S.C26H34FN3O4S.C25H32FN3O4S.C19H28ClN3O4S.C12H11NO4/c1-23(2,3)35-22(32)31-15-25(7,30-36(34)24(4,5)6)18-13-19(26(8,33)14-28)29-20(21(18)31)16-9-11-17(27)12-10-16;1-23(2,3)34-22(31)30-14-25(7,29-35(32)24(4,5)6)18-13-19(26(8)15-33-26)28-20(21(18)30)16-9-11-17(27)12-10-16;1-15(30)19-13-18-21(20(27-19)16-9-11-17(26)12-10-16)29(22(31)33-23(2,3)4)14-25(18,8)28-34(32)24(5,6)7;1-11(24)13-9-12-14(15(20)21-13)23(16(25)27-17(2,3)4)10-19(12,8)22-28(26)18(5,6)7;14-4-5-17-10-7-9(12(15)16)6-8-2-1-3-13-11(8)10/h9-13,30,33H,14-15,28H2,1-8H3;9-13,29H,14-15H2,1-8H3;9-13,28H,14H2,1-8H3;9,22H,10H2,1-8H3;1-3,6-7,14H,4-5H2,(H,15,16)/t25-,26-,36?;25-,26?,35?;25-,34?;19-,28?;/m1111./s1. The fourth-order valence-electron chi connectivity index (χ4n) is 15.7. The molecule has 5 aliphatic rings. The van der Waals surface area contributed by atoms with Crippen LogP contribution in [0.25, 0.3) is 44.7 Å². The first-order chi connectivity index (χ1) is 68.7. The van der Waals surface area contributed by atoms with Crippen molar-refractivity contribution in [3.63, 3.8) is 0 Å². The van der Waals surface area contributed by atoms with E-state index >= 15 is 0 Å². The number of amides is 4. The van der Waals surface area contributed by atoms with Crippen molar-refractivity contribution in [1.29, 1.82) is 0 Å². The minimum atomic E-state index is -1.49. The lowest BCUT2D eigenvalue weighted by atomic mass is 9.90. The van der Waals surface area contributed by atoms with Gasteiger partial charge in [-0.2, -0.15) is 0 Å². The Morgan fingerprint density at radius 1 is 0.453 bits per heavy atom. The van der Waals surface area contributed by atoms with Crippen LogP contribution >= 0.6 is 11.6 Å². The topological polar surface area (TPSA) is 459 Å². The van der Waals surface area contributed by atoms with Gasteiger partial charge in [0.15, 0.2) is 16.7 Å². The first-order valence-corrected chi connectivity index (χ1v) is 53.6. The van der Waals surface area contributed by atoms with E-state index in [1.54, 1.807) is 147 Å². The van der Waals surface area contributed by atoms with E-state index in [1.807, 2.05) is 145 Å². The lowest BCUT2D eigenvalue weighted by Crippen LogP contribution is -2.50. The van der Waals surface area contributed by atoms with Gasteiger partial charge in [-0.1, -0.05) is 17.7 Å². The second kappa shape index (κ2) is 44.9. The maximum absolute atomic E-state index is 13.8. The molecule has 150 heavy (non-hydrogen) atoms. The Morgan fingerprint density at radius 3 is 1.08 bits per heavy atom. The van der Waals surface area contributed by atoms with Crippen LogP contribution in [0.15, 0.2) is 128 Å². The van der Waals surface area contributed by atoms with Gasteiger partial charge >= 0.3 is 30.3 Å². The van der Waals surface area contributed by atoms with Crippen LogP contribution in [0.2, 0.25) is 5.15 Å². The van der Waals surface area contributed by atoms with E-state index in [1.165, 1.54) is 77.1 Å². The predicted octanol–water partition coefficient (Wildman–Crippen LogP) is 19.6. The third-order valence-corrected chi connectivity index (χ3v) is 30.9. The SMILES string of the molecule is CC(=O)c1cc2c(c(-c3ccc(F)cc3)n1)N(C(=O)OC(C)(C)C)C[C@@]2(C)NS(=O)C(C)(C)C.CC(=O)c1cc2c(c(Cl)n1)N(C(=O)OC(C)(C)C)C[C@@]2(C)NS(=O)C(C)(C)C.CC(C)(C)OC(=O)N1C[C@@](C)(NS(=O)C(C)(C)C)c2cc(C3(C)CO3)nc(-c3ccc(F)cc3)c21.CC(C)(C)OC(=O)N1C[C@@](C)(NS(=O)C(C)(C)C)c2cc([C@](C)(O)CN)nc(-c3ccc(F)cc3)c21.O=C(O)c1cc(OCCO)c2ncccc2c1. The molecule has 4 aromatic carbocycles. The number of carbonyl (C=O) groups is 7. The molecule has 34 nitrogen and oxygen atoms in total. The Hall–Kier alpha value is -11.1. The molecular formula is C108H142ClF3N14O20S4. The van der Waals surface area contributed by atoms with Crippen molar-refractivity contribution in [3.05, 3.63) is 201 Å². The molecule has 5 aromatic heterocycles. The number of halogens is 4.